The summed E-state index contributed by atoms with van der Waals surface area (Å²) in [5.41, 5.74) is -1.68. The lowest BCUT2D eigenvalue weighted by atomic mass is 9.73. The predicted molar refractivity (Wildman–Crippen MR) is 260 cm³/mol. The standard InChI is InChI=1S/C45H57ClF3N6O8PS3/c1-44(2)20-18-40(32-8-12-35(46)13-9-32)34(29-44)30-52-24-25-53-36-14-10-33(11-15-36)43(56)55-67(62,63)39-16-17-41(42(28-39)66(60,61)45(47,48)49)54-37(31-65-38-6-4-3-5-7-38)19-21-50-22-23-51-26-27-64(57,58)59/h3-17,28,37,50-54H,18-27,29-31H2,1-2H3,(H,55,56)(H2,57,58,59)/t37-/m1/s1. The number of benzene rings is 4. The van der Waals surface area contributed by atoms with Gasteiger partial charge in [0, 0.05) is 72.2 Å². The highest BCUT2D eigenvalue weighted by Crippen LogP contribution is 2.42. The second kappa shape index (κ2) is 24.1. The van der Waals surface area contributed by atoms with E-state index in [0.29, 0.717) is 56.0 Å². The van der Waals surface area contributed by atoms with Gasteiger partial charge in [-0.3, -0.25) is 9.36 Å². The van der Waals surface area contributed by atoms with Crippen molar-refractivity contribution in [1.82, 2.24) is 20.7 Å². The van der Waals surface area contributed by atoms with E-state index in [-0.39, 0.29) is 35.9 Å². The number of carbonyl (C=O) groups excluding carboxylic acids is 1. The van der Waals surface area contributed by atoms with Crippen molar-refractivity contribution in [3.05, 3.63) is 119 Å². The molecule has 0 unspecified atom stereocenters. The lowest BCUT2D eigenvalue weighted by Crippen LogP contribution is -2.33. The molecule has 1 aliphatic rings. The SMILES string of the molecule is CC1(C)CCC(c2ccc(Cl)cc2)=C(CNCCNc2ccc(C(=O)NS(=O)(=O)c3ccc(N[C@H](CCNCCNCCP(=O)(O)O)CSc4ccccc4)c(S(=O)(=O)C(F)(F)F)c3)cc2)C1. The van der Waals surface area contributed by atoms with Crippen molar-refractivity contribution in [3.63, 3.8) is 0 Å². The molecule has 22 heteroatoms. The van der Waals surface area contributed by atoms with Crippen LogP contribution in [-0.4, -0.2) is 102 Å². The first-order chi connectivity index (χ1) is 31.5. The number of anilines is 2. The van der Waals surface area contributed by atoms with Gasteiger partial charge in [0.25, 0.3) is 25.8 Å². The van der Waals surface area contributed by atoms with E-state index in [9.17, 15) is 39.4 Å². The minimum atomic E-state index is -6.12. The number of nitrogens with one attached hydrogen (secondary N) is 6. The zero-order valence-electron chi connectivity index (χ0n) is 37.0. The van der Waals surface area contributed by atoms with E-state index >= 15 is 0 Å². The second-order valence-electron chi connectivity index (χ2n) is 16.8. The highest BCUT2D eigenvalue weighted by atomic mass is 35.5. The van der Waals surface area contributed by atoms with E-state index in [0.717, 1.165) is 36.3 Å². The largest absolute Gasteiger partial charge is 0.501 e. The Hall–Kier alpha value is -3.95. The number of sulfone groups is 1. The third-order valence-corrected chi connectivity index (χ3v) is 15.9. The third kappa shape index (κ3) is 16.9. The summed E-state index contributed by atoms with van der Waals surface area (Å²) in [6.45, 7) is 7.55. The summed E-state index contributed by atoms with van der Waals surface area (Å²) in [5.74, 6) is -0.818. The van der Waals surface area contributed by atoms with Gasteiger partial charge in [0.2, 0.25) is 0 Å². The maximum Gasteiger partial charge on any atom is 0.501 e. The van der Waals surface area contributed by atoms with Crippen LogP contribution < -0.4 is 31.3 Å². The average molecular weight is 1030 g/mol. The van der Waals surface area contributed by atoms with Gasteiger partial charge in [0.15, 0.2) is 0 Å². The fourth-order valence-corrected chi connectivity index (χ4v) is 10.9. The van der Waals surface area contributed by atoms with Crippen LogP contribution in [0.5, 0.6) is 0 Å². The normalized spacial score (nSPS) is 15.0. The molecule has 0 heterocycles. The molecule has 8 N–H and O–H groups in total. The first-order valence-corrected chi connectivity index (χ1v) is 27.6. The van der Waals surface area contributed by atoms with Gasteiger partial charge in [-0.2, -0.15) is 13.2 Å². The van der Waals surface area contributed by atoms with E-state index in [1.807, 2.05) is 47.2 Å². The molecule has 0 radical (unpaired) electrons. The van der Waals surface area contributed by atoms with E-state index in [1.54, 1.807) is 24.3 Å². The molecule has 1 atom stereocenters. The lowest BCUT2D eigenvalue weighted by Gasteiger charge is -2.34. The topological polar surface area (TPSA) is 215 Å². The average Bonchev–Trinajstić information content (AvgIpc) is 3.26. The summed E-state index contributed by atoms with van der Waals surface area (Å²) in [5, 5.41) is 16.4. The van der Waals surface area contributed by atoms with Crippen LogP contribution in [-0.2, 0) is 24.4 Å². The minimum Gasteiger partial charge on any atom is -0.384 e. The number of alkyl halides is 3. The van der Waals surface area contributed by atoms with Crippen molar-refractivity contribution in [1.29, 1.82) is 0 Å². The summed E-state index contributed by atoms with van der Waals surface area (Å²) >= 11 is 7.49. The molecule has 0 spiro atoms. The van der Waals surface area contributed by atoms with Crippen LogP contribution >= 0.6 is 31.0 Å². The van der Waals surface area contributed by atoms with Crippen LogP contribution in [0.4, 0.5) is 24.5 Å². The number of halogens is 4. The molecule has 1 aliphatic carbocycles. The Bertz CT molecular complexity index is 2590. The molecule has 67 heavy (non-hydrogen) atoms. The smallest absolute Gasteiger partial charge is 0.384 e. The van der Waals surface area contributed by atoms with Crippen LogP contribution in [0.25, 0.3) is 5.57 Å². The van der Waals surface area contributed by atoms with Gasteiger partial charge < -0.3 is 36.4 Å². The summed E-state index contributed by atoms with van der Waals surface area (Å²) in [7, 11) is -15.2. The zero-order chi connectivity index (χ0) is 48.9. The molecule has 0 saturated carbocycles. The van der Waals surface area contributed by atoms with Crippen LogP contribution in [0.15, 0.2) is 117 Å². The Kier molecular flexibility index (Phi) is 19.4. The number of carbonyl (C=O) groups is 1. The summed E-state index contributed by atoms with van der Waals surface area (Å²) in [6, 6.07) is 24.5. The highest BCUT2D eigenvalue weighted by molar-refractivity contribution is 7.99. The number of rotatable bonds is 25. The molecule has 0 aliphatic heterocycles. The van der Waals surface area contributed by atoms with Gasteiger partial charge in [-0.05, 0) is 116 Å². The van der Waals surface area contributed by atoms with Crippen molar-refractivity contribution in [3.8, 4) is 0 Å². The Balaban J connectivity index is 1.22. The van der Waals surface area contributed by atoms with Gasteiger partial charge in [-0.1, -0.05) is 61.4 Å². The predicted octanol–water partition coefficient (Wildman–Crippen LogP) is 7.74. The Morgan fingerprint density at radius 3 is 2.16 bits per heavy atom. The Morgan fingerprint density at radius 1 is 0.851 bits per heavy atom. The van der Waals surface area contributed by atoms with Crippen LogP contribution in [0.3, 0.4) is 0 Å². The zero-order valence-corrected chi connectivity index (χ0v) is 41.1. The van der Waals surface area contributed by atoms with Crippen LogP contribution in [0.2, 0.25) is 5.02 Å². The number of thioether (sulfide) groups is 1. The van der Waals surface area contributed by atoms with E-state index in [1.165, 1.54) is 40.6 Å². The molecule has 4 aromatic carbocycles. The molecule has 4 aromatic rings. The molecular weight excluding hydrogens is 972 g/mol. The third-order valence-electron chi connectivity index (χ3n) is 10.8. The van der Waals surface area contributed by atoms with Gasteiger partial charge in [0.1, 0.15) is 4.90 Å². The second-order valence-corrected chi connectivity index (χ2v) is 23.7. The first-order valence-electron chi connectivity index (χ1n) is 21.5. The number of allylic oxidation sites excluding steroid dienone is 1. The van der Waals surface area contributed by atoms with Gasteiger partial charge in [-0.15, -0.1) is 11.8 Å². The van der Waals surface area contributed by atoms with Gasteiger partial charge in [0.05, 0.1) is 16.7 Å². The molecule has 0 bridgehead atoms. The molecular formula is C45H57ClF3N6O8PS3. The van der Waals surface area contributed by atoms with Crippen molar-refractivity contribution in [2.24, 2.45) is 5.41 Å². The van der Waals surface area contributed by atoms with Crippen LogP contribution in [0, 0.1) is 5.41 Å². The summed E-state index contributed by atoms with van der Waals surface area (Å²) in [6.07, 6.45) is 2.97. The quantitative estimate of drug-likeness (QED) is 0.0181. The number of amides is 1. The van der Waals surface area contributed by atoms with Gasteiger partial charge in [-0.25, -0.2) is 21.6 Å². The summed E-state index contributed by atoms with van der Waals surface area (Å²) < 4.78 is 108. The number of sulfonamides is 1. The molecule has 0 saturated heterocycles. The van der Waals surface area contributed by atoms with Crippen molar-refractivity contribution < 1.29 is 49.2 Å². The van der Waals surface area contributed by atoms with E-state index in [2.05, 4.69) is 40.4 Å². The fourth-order valence-electron chi connectivity index (χ4n) is 7.29. The van der Waals surface area contributed by atoms with E-state index < -0.39 is 60.4 Å². The maximum atomic E-state index is 14.1. The summed E-state index contributed by atoms with van der Waals surface area (Å²) in [4.78, 5) is 29.8. The lowest BCUT2D eigenvalue weighted by molar-refractivity contribution is -0.0436. The number of hydrogen-bond acceptors (Lipinski definition) is 12. The maximum absolute atomic E-state index is 14.1. The van der Waals surface area contributed by atoms with E-state index in [4.69, 9.17) is 21.4 Å². The molecule has 1 amide bonds. The Morgan fingerprint density at radius 2 is 1.51 bits per heavy atom. The van der Waals surface area contributed by atoms with Crippen LogP contribution in [0.1, 0.15) is 55.5 Å². The van der Waals surface area contributed by atoms with Crippen molar-refractivity contribution in [2.75, 3.05) is 68.4 Å². The van der Waals surface area contributed by atoms with Crippen molar-refractivity contribution in [2.45, 2.75) is 65.8 Å². The molecule has 366 valence electrons. The molecule has 14 nitrogen and oxygen atoms in total. The monoisotopic (exact) mass is 1030 g/mol. The van der Waals surface area contributed by atoms with Gasteiger partial charge >= 0.3 is 13.1 Å². The minimum absolute atomic E-state index is 0.0699. The molecule has 5 rings (SSSR count). The first kappa shape index (κ1) is 54.0. The fraction of sp³-hybridized carbons (Fsp3) is 0.400. The number of hydrogen-bond donors (Lipinski definition) is 8. The highest BCUT2D eigenvalue weighted by Gasteiger charge is 2.48. The molecule has 0 fully saturated rings. The molecule has 0 aromatic heterocycles. The Labute approximate surface area is 399 Å². The van der Waals surface area contributed by atoms with Crippen molar-refractivity contribution >= 4 is 73.7 Å².